The molecule has 1 aliphatic heterocycles. The smallest absolute Gasteiger partial charge is 0.276 e. The van der Waals surface area contributed by atoms with E-state index < -0.39 is 0 Å². The molecule has 3 aromatic heterocycles. The first-order valence-electron chi connectivity index (χ1n) is 10.2. The predicted octanol–water partition coefficient (Wildman–Crippen LogP) is 3.46. The number of fused-ring (bicyclic) bond motifs is 1. The fourth-order valence-electron chi connectivity index (χ4n) is 3.68. The summed E-state index contributed by atoms with van der Waals surface area (Å²) in [5.41, 5.74) is 0.240. The SMILES string of the molecule is O=C(c1cc(COc2cccc3cnccc23)on1)N1CCN(C(=O)c2cccs2)CC1. The van der Waals surface area contributed by atoms with Gasteiger partial charge in [-0.2, -0.15) is 0 Å². The summed E-state index contributed by atoms with van der Waals surface area (Å²) in [7, 11) is 0. The van der Waals surface area contributed by atoms with E-state index in [1.54, 1.807) is 28.3 Å². The highest BCUT2D eigenvalue weighted by molar-refractivity contribution is 7.12. The van der Waals surface area contributed by atoms with Crippen LogP contribution in [0.25, 0.3) is 10.8 Å². The first-order chi connectivity index (χ1) is 15.7. The van der Waals surface area contributed by atoms with Gasteiger partial charge >= 0.3 is 0 Å². The van der Waals surface area contributed by atoms with Crippen molar-refractivity contribution in [2.75, 3.05) is 26.2 Å². The zero-order valence-electron chi connectivity index (χ0n) is 17.1. The van der Waals surface area contributed by atoms with Gasteiger partial charge < -0.3 is 19.1 Å². The van der Waals surface area contributed by atoms with Gasteiger partial charge in [-0.15, -0.1) is 11.3 Å². The summed E-state index contributed by atoms with van der Waals surface area (Å²) >= 11 is 1.43. The third-order valence-electron chi connectivity index (χ3n) is 5.37. The maximum Gasteiger partial charge on any atom is 0.276 e. The van der Waals surface area contributed by atoms with Crippen molar-refractivity contribution in [2.45, 2.75) is 6.61 Å². The molecule has 0 saturated carbocycles. The van der Waals surface area contributed by atoms with Crippen molar-refractivity contribution < 1.29 is 18.8 Å². The van der Waals surface area contributed by atoms with Crippen molar-refractivity contribution in [3.8, 4) is 5.75 Å². The monoisotopic (exact) mass is 448 g/mol. The minimum absolute atomic E-state index is 0.0113. The van der Waals surface area contributed by atoms with Crippen LogP contribution in [-0.4, -0.2) is 57.9 Å². The predicted molar refractivity (Wildman–Crippen MR) is 119 cm³/mol. The molecule has 1 fully saturated rings. The minimum Gasteiger partial charge on any atom is -0.485 e. The van der Waals surface area contributed by atoms with Gasteiger partial charge in [0.05, 0.1) is 4.88 Å². The highest BCUT2D eigenvalue weighted by atomic mass is 32.1. The third kappa shape index (κ3) is 4.06. The van der Waals surface area contributed by atoms with Crippen molar-refractivity contribution in [3.05, 3.63) is 76.6 Å². The number of ether oxygens (including phenoxy) is 1. The topological polar surface area (TPSA) is 88.8 Å². The summed E-state index contributed by atoms with van der Waals surface area (Å²) in [6, 6.07) is 12.9. The van der Waals surface area contributed by atoms with Crippen LogP contribution < -0.4 is 4.74 Å². The lowest BCUT2D eigenvalue weighted by Gasteiger charge is -2.34. The summed E-state index contributed by atoms with van der Waals surface area (Å²) in [6.45, 7) is 2.06. The van der Waals surface area contributed by atoms with Gasteiger partial charge in [-0.3, -0.25) is 14.6 Å². The van der Waals surface area contributed by atoms with Gasteiger partial charge in [-0.25, -0.2) is 0 Å². The molecule has 162 valence electrons. The molecular weight excluding hydrogens is 428 g/mol. The van der Waals surface area contributed by atoms with Crippen LogP contribution in [0.2, 0.25) is 0 Å². The molecule has 5 rings (SSSR count). The molecule has 0 radical (unpaired) electrons. The van der Waals surface area contributed by atoms with Crippen LogP contribution >= 0.6 is 11.3 Å². The molecule has 1 saturated heterocycles. The van der Waals surface area contributed by atoms with Crippen LogP contribution in [0, 0.1) is 0 Å². The standard InChI is InChI=1S/C23H20N4O4S/c28-22(26-8-10-27(11-9-26)23(29)21-5-2-12-32-21)19-13-17(31-25-19)15-30-20-4-1-3-16-14-24-7-6-18(16)20/h1-7,12-14H,8-11,15H2. The van der Waals surface area contributed by atoms with Gasteiger partial charge in [-0.05, 0) is 23.6 Å². The highest BCUT2D eigenvalue weighted by Gasteiger charge is 2.27. The summed E-state index contributed by atoms with van der Waals surface area (Å²) < 4.78 is 11.2. The number of rotatable bonds is 5. The number of carbonyl (C=O) groups is 2. The number of benzene rings is 1. The van der Waals surface area contributed by atoms with Crippen molar-refractivity contribution in [3.63, 3.8) is 0 Å². The van der Waals surface area contributed by atoms with Crippen LogP contribution in [0.15, 0.2) is 64.8 Å². The van der Waals surface area contributed by atoms with E-state index in [0.29, 0.717) is 42.6 Å². The number of piperazine rings is 1. The lowest BCUT2D eigenvalue weighted by atomic mass is 10.1. The molecule has 0 atom stereocenters. The Labute approximate surface area is 188 Å². The Kier molecular flexibility index (Phi) is 5.55. The van der Waals surface area contributed by atoms with E-state index >= 15 is 0 Å². The van der Waals surface area contributed by atoms with Crippen molar-refractivity contribution in [2.24, 2.45) is 0 Å². The summed E-state index contributed by atoms with van der Waals surface area (Å²) in [4.78, 5) is 33.6. The van der Waals surface area contributed by atoms with E-state index in [1.807, 2.05) is 41.8 Å². The highest BCUT2D eigenvalue weighted by Crippen LogP contribution is 2.25. The van der Waals surface area contributed by atoms with E-state index in [0.717, 1.165) is 10.8 Å². The first kappa shape index (κ1) is 20.2. The Morgan fingerprint density at radius 3 is 2.62 bits per heavy atom. The molecule has 32 heavy (non-hydrogen) atoms. The molecular formula is C23H20N4O4S. The lowest BCUT2D eigenvalue weighted by molar-refractivity contribution is 0.0532. The zero-order valence-corrected chi connectivity index (χ0v) is 18.0. The Hall–Kier alpha value is -3.72. The van der Waals surface area contributed by atoms with Crippen LogP contribution in [0.5, 0.6) is 5.75 Å². The molecule has 0 aliphatic carbocycles. The van der Waals surface area contributed by atoms with Crippen LogP contribution in [0.3, 0.4) is 0 Å². The van der Waals surface area contributed by atoms with Gasteiger partial charge in [0.1, 0.15) is 12.4 Å². The second-order valence-electron chi connectivity index (χ2n) is 7.38. The third-order valence-corrected chi connectivity index (χ3v) is 6.23. The Balaban J connectivity index is 1.18. The minimum atomic E-state index is -0.209. The van der Waals surface area contributed by atoms with E-state index in [4.69, 9.17) is 9.26 Å². The Morgan fingerprint density at radius 2 is 1.84 bits per heavy atom. The van der Waals surface area contributed by atoms with Gasteiger partial charge in [0, 0.05) is 55.4 Å². The molecule has 4 aromatic rings. The molecule has 2 amide bonds. The fraction of sp³-hybridized carbons (Fsp3) is 0.217. The van der Waals surface area contributed by atoms with Gasteiger partial charge in [-0.1, -0.05) is 23.4 Å². The molecule has 1 aliphatic rings. The van der Waals surface area contributed by atoms with Crippen molar-refractivity contribution in [1.82, 2.24) is 19.9 Å². The Bertz CT molecular complexity index is 1240. The molecule has 0 bridgehead atoms. The first-order valence-corrected chi connectivity index (χ1v) is 11.1. The van der Waals surface area contributed by atoms with Crippen molar-refractivity contribution >= 4 is 33.9 Å². The molecule has 4 heterocycles. The zero-order chi connectivity index (χ0) is 21.9. The molecule has 0 spiro atoms. The molecule has 8 nitrogen and oxygen atoms in total. The summed E-state index contributed by atoms with van der Waals surface area (Å²) in [5, 5.41) is 7.74. The average Bonchev–Trinajstić information content (AvgIpc) is 3.54. The largest absolute Gasteiger partial charge is 0.485 e. The number of carbonyl (C=O) groups excluding carboxylic acids is 2. The van der Waals surface area contributed by atoms with Crippen LogP contribution in [-0.2, 0) is 6.61 Å². The maximum atomic E-state index is 12.8. The molecule has 0 unspecified atom stereocenters. The summed E-state index contributed by atoms with van der Waals surface area (Å²) in [5.74, 6) is 0.975. The normalized spacial score (nSPS) is 14.0. The quantitative estimate of drug-likeness (QED) is 0.465. The maximum absolute atomic E-state index is 12.8. The van der Waals surface area contributed by atoms with Crippen LogP contribution in [0.4, 0.5) is 0 Å². The molecule has 1 aromatic carbocycles. The number of amides is 2. The van der Waals surface area contributed by atoms with E-state index in [1.165, 1.54) is 11.3 Å². The van der Waals surface area contributed by atoms with E-state index in [2.05, 4.69) is 10.1 Å². The molecule has 9 heteroatoms. The number of aromatic nitrogens is 2. The lowest BCUT2D eigenvalue weighted by Crippen LogP contribution is -2.50. The molecule has 0 N–H and O–H groups in total. The number of hydrogen-bond acceptors (Lipinski definition) is 7. The Morgan fingerprint density at radius 1 is 1.03 bits per heavy atom. The van der Waals surface area contributed by atoms with Gasteiger partial charge in [0.15, 0.2) is 11.5 Å². The van der Waals surface area contributed by atoms with E-state index in [-0.39, 0.29) is 24.1 Å². The second-order valence-corrected chi connectivity index (χ2v) is 8.33. The number of pyridine rings is 1. The number of thiophene rings is 1. The second kappa shape index (κ2) is 8.80. The van der Waals surface area contributed by atoms with E-state index in [9.17, 15) is 9.59 Å². The van der Waals surface area contributed by atoms with Gasteiger partial charge in [0.25, 0.3) is 11.8 Å². The summed E-state index contributed by atoms with van der Waals surface area (Å²) in [6.07, 6.45) is 3.50. The van der Waals surface area contributed by atoms with Gasteiger partial charge in [0.2, 0.25) is 0 Å². The fourth-order valence-corrected chi connectivity index (χ4v) is 4.37. The van der Waals surface area contributed by atoms with Crippen molar-refractivity contribution in [1.29, 1.82) is 0 Å². The average molecular weight is 449 g/mol. The number of nitrogens with zero attached hydrogens (tertiary/aromatic N) is 4. The van der Waals surface area contributed by atoms with Crippen LogP contribution in [0.1, 0.15) is 25.9 Å². The number of hydrogen-bond donors (Lipinski definition) is 0.